The zero-order valence-electron chi connectivity index (χ0n) is 7.31. The van der Waals surface area contributed by atoms with Gasteiger partial charge in [0.1, 0.15) is 5.75 Å². The number of fused-ring (bicyclic) bond motifs is 1. The number of carboxylic acids is 1. The Morgan fingerprint density at radius 2 is 2.21 bits per heavy atom. The minimum absolute atomic E-state index is 0.000000000000000444. The molecule has 0 aromatic heterocycles. The Morgan fingerprint density at radius 3 is 2.93 bits per heavy atom. The van der Waals surface area contributed by atoms with Crippen LogP contribution in [0, 0.1) is 0 Å². The number of para-hydroxylation sites is 1. The first-order chi connectivity index (χ1) is 6.68. The van der Waals surface area contributed by atoms with Gasteiger partial charge in [-0.2, -0.15) is 0 Å². The summed E-state index contributed by atoms with van der Waals surface area (Å²) < 4.78 is 5.40. The molecule has 2 unspecified atom stereocenters. The van der Waals surface area contributed by atoms with E-state index in [9.17, 15) is 4.79 Å². The van der Waals surface area contributed by atoms with Gasteiger partial charge in [0.2, 0.25) is 6.10 Å². The molecular formula is C10H9IO3. The van der Waals surface area contributed by atoms with Gasteiger partial charge in [-0.3, -0.25) is 0 Å². The third-order valence-corrected chi connectivity index (χ3v) is 3.31. The fourth-order valence-electron chi connectivity index (χ4n) is 1.52. The molecule has 74 valence electrons. The lowest BCUT2D eigenvalue weighted by Crippen LogP contribution is -2.39. The maximum atomic E-state index is 10.8. The number of carboxylic acid groups (broad SMARTS) is 1. The molecule has 0 aliphatic carbocycles. The molecule has 2 atom stereocenters. The summed E-state index contributed by atoms with van der Waals surface area (Å²) in [6, 6.07) is 7.57. The zero-order valence-corrected chi connectivity index (χ0v) is 9.47. The van der Waals surface area contributed by atoms with Crippen LogP contribution in [-0.4, -0.2) is 21.1 Å². The van der Waals surface area contributed by atoms with E-state index in [0.717, 1.165) is 12.0 Å². The SMILES string of the molecule is O=C(O)C1Oc2ccccc2CC1I. The lowest BCUT2D eigenvalue weighted by atomic mass is 10.0. The van der Waals surface area contributed by atoms with E-state index in [1.54, 1.807) is 0 Å². The molecule has 0 saturated heterocycles. The molecule has 14 heavy (non-hydrogen) atoms. The Kier molecular flexibility index (Phi) is 2.62. The van der Waals surface area contributed by atoms with E-state index in [1.807, 2.05) is 24.3 Å². The van der Waals surface area contributed by atoms with Gasteiger partial charge in [0.15, 0.2) is 0 Å². The number of rotatable bonds is 1. The van der Waals surface area contributed by atoms with Gasteiger partial charge in [-0.15, -0.1) is 0 Å². The minimum atomic E-state index is -0.890. The van der Waals surface area contributed by atoms with Crippen LogP contribution in [0.5, 0.6) is 5.75 Å². The molecule has 1 aliphatic rings. The Balaban J connectivity index is 2.31. The third-order valence-electron chi connectivity index (χ3n) is 2.21. The number of ether oxygens (including phenoxy) is 1. The molecule has 0 fully saturated rings. The second-order valence-corrected chi connectivity index (χ2v) is 4.80. The first-order valence-electron chi connectivity index (χ1n) is 4.30. The highest BCUT2D eigenvalue weighted by Gasteiger charge is 2.33. The Morgan fingerprint density at radius 1 is 1.50 bits per heavy atom. The van der Waals surface area contributed by atoms with Crippen LogP contribution in [0.15, 0.2) is 24.3 Å². The summed E-state index contributed by atoms with van der Waals surface area (Å²) >= 11 is 2.13. The third kappa shape index (κ3) is 1.70. The van der Waals surface area contributed by atoms with Crippen LogP contribution in [-0.2, 0) is 11.2 Å². The molecule has 2 rings (SSSR count). The molecule has 4 heteroatoms. The molecule has 1 heterocycles. The Bertz CT molecular complexity index is 364. The number of hydrogen-bond acceptors (Lipinski definition) is 2. The lowest BCUT2D eigenvalue weighted by molar-refractivity contribution is -0.145. The van der Waals surface area contributed by atoms with Crippen molar-refractivity contribution in [1.82, 2.24) is 0 Å². The van der Waals surface area contributed by atoms with Gasteiger partial charge in [-0.1, -0.05) is 40.8 Å². The van der Waals surface area contributed by atoms with Gasteiger partial charge in [-0.05, 0) is 18.1 Å². The molecule has 0 saturated carbocycles. The summed E-state index contributed by atoms with van der Waals surface area (Å²) in [5, 5.41) is 8.90. The smallest absolute Gasteiger partial charge is 0.346 e. The molecular weight excluding hydrogens is 295 g/mol. The second kappa shape index (κ2) is 3.76. The van der Waals surface area contributed by atoms with Crippen LogP contribution in [0.3, 0.4) is 0 Å². The monoisotopic (exact) mass is 304 g/mol. The van der Waals surface area contributed by atoms with E-state index in [2.05, 4.69) is 22.6 Å². The van der Waals surface area contributed by atoms with Crippen molar-refractivity contribution in [3.05, 3.63) is 29.8 Å². The van der Waals surface area contributed by atoms with Gasteiger partial charge in [0.25, 0.3) is 0 Å². The van der Waals surface area contributed by atoms with Crippen molar-refractivity contribution >= 4 is 28.6 Å². The minimum Gasteiger partial charge on any atom is -0.478 e. The van der Waals surface area contributed by atoms with Crippen molar-refractivity contribution in [3.63, 3.8) is 0 Å². The van der Waals surface area contributed by atoms with Gasteiger partial charge in [0, 0.05) is 0 Å². The average Bonchev–Trinajstić information content (AvgIpc) is 2.16. The number of hydrogen-bond donors (Lipinski definition) is 1. The van der Waals surface area contributed by atoms with Crippen LogP contribution in [0.1, 0.15) is 5.56 Å². The van der Waals surface area contributed by atoms with Crippen molar-refractivity contribution in [2.75, 3.05) is 0 Å². The van der Waals surface area contributed by atoms with Crippen molar-refractivity contribution in [2.45, 2.75) is 16.4 Å². The fraction of sp³-hybridized carbons (Fsp3) is 0.300. The van der Waals surface area contributed by atoms with Crippen LogP contribution >= 0.6 is 22.6 Å². The first-order valence-corrected chi connectivity index (χ1v) is 5.54. The summed E-state index contributed by atoms with van der Waals surface area (Å²) in [5.41, 5.74) is 1.09. The largest absolute Gasteiger partial charge is 0.478 e. The van der Waals surface area contributed by atoms with Crippen molar-refractivity contribution in [1.29, 1.82) is 0 Å². The molecule has 0 spiro atoms. The number of benzene rings is 1. The van der Waals surface area contributed by atoms with E-state index in [4.69, 9.17) is 9.84 Å². The highest BCUT2D eigenvalue weighted by Crippen LogP contribution is 2.30. The number of halogens is 1. The molecule has 1 aliphatic heterocycles. The molecule has 3 nitrogen and oxygen atoms in total. The standard InChI is InChI=1S/C10H9IO3/c11-7-5-6-3-1-2-4-8(6)14-9(7)10(12)13/h1-4,7,9H,5H2,(H,12,13). The predicted molar refractivity (Wildman–Crippen MR) is 60.0 cm³/mol. The van der Waals surface area contributed by atoms with Crippen LogP contribution < -0.4 is 4.74 Å². The topological polar surface area (TPSA) is 46.5 Å². The van der Waals surface area contributed by atoms with Crippen molar-refractivity contribution in [2.24, 2.45) is 0 Å². The number of alkyl halides is 1. The summed E-state index contributed by atoms with van der Waals surface area (Å²) in [6.45, 7) is 0. The van der Waals surface area contributed by atoms with Crippen LogP contribution in [0.2, 0.25) is 0 Å². The summed E-state index contributed by atoms with van der Waals surface area (Å²) in [5.74, 6) is -0.188. The van der Waals surface area contributed by atoms with E-state index in [0.29, 0.717) is 5.75 Å². The van der Waals surface area contributed by atoms with E-state index in [1.165, 1.54) is 0 Å². The highest BCUT2D eigenvalue weighted by molar-refractivity contribution is 14.1. The van der Waals surface area contributed by atoms with Gasteiger partial charge in [0.05, 0.1) is 3.92 Å². The molecule has 0 amide bonds. The molecule has 1 aromatic rings. The van der Waals surface area contributed by atoms with E-state index in [-0.39, 0.29) is 3.92 Å². The average molecular weight is 304 g/mol. The van der Waals surface area contributed by atoms with Crippen LogP contribution in [0.25, 0.3) is 0 Å². The maximum absolute atomic E-state index is 10.8. The van der Waals surface area contributed by atoms with Crippen molar-refractivity contribution in [3.8, 4) is 5.75 Å². The molecule has 0 radical (unpaired) electrons. The van der Waals surface area contributed by atoms with E-state index >= 15 is 0 Å². The summed E-state index contributed by atoms with van der Waals surface area (Å²) in [4.78, 5) is 10.8. The maximum Gasteiger partial charge on any atom is 0.346 e. The van der Waals surface area contributed by atoms with E-state index < -0.39 is 12.1 Å². The first kappa shape index (κ1) is 9.76. The number of aliphatic carboxylic acids is 1. The zero-order chi connectivity index (χ0) is 10.1. The van der Waals surface area contributed by atoms with Gasteiger partial charge in [-0.25, -0.2) is 4.79 Å². The molecule has 1 aromatic carbocycles. The second-order valence-electron chi connectivity index (χ2n) is 3.20. The predicted octanol–water partition coefficient (Wildman–Crippen LogP) is 1.88. The fourth-order valence-corrected chi connectivity index (χ4v) is 2.45. The highest BCUT2D eigenvalue weighted by atomic mass is 127. The quantitative estimate of drug-likeness (QED) is 0.636. The van der Waals surface area contributed by atoms with Gasteiger partial charge < -0.3 is 9.84 Å². The summed E-state index contributed by atoms with van der Waals surface area (Å²) in [6.07, 6.45) is 0.0405. The molecule has 1 N–H and O–H groups in total. The normalized spacial score (nSPS) is 24.9. The van der Waals surface area contributed by atoms with Crippen molar-refractivity contribution < 1.29 is 14.6 Å². The van der Waals surface area contributed by atoms with Crippen LogP contribution in [0.4, 0.5) is 0 Å². The lowest BCUT2D eigenvalue weighted by Gasteiger charge is -2.27. The summed E-state index contributed by atoms with van der Waals surface area (Å²) in [7, 11) is 0. The Labute approximate surface area is 95.2 Å². The van der Waals surface area contributed by atoms with Gasteiger partial charge >= 0.3 is 5.97 Å². The Hall–Kier alpha value is -0.780. The molecule has 0 bridgehead atoms. The number of carbonyl (C=O) groups is 1.